The average Bonchev–Trinajstić information content (AvgIpc) is 3.63. The van der Waals surface area contributed by atoms with Gasteiger partial charge >= 0.3 is 0 Å². The normalized spacial score (nSPS) is 13.2. The number of para-hydroxylation sites is 3. The summed E-state index contributed by atoms with van der Waals surface area (Å²) < 4.78 is 2.42. The monoisotopic (exact) mass is 729 g/mol. The second-order valence-electron chi connectivity index (χ2n) is 15.6. The van der Waals surface area contributed by atoms with Crippen LogP contribution < -0.4 is 4.90 Å². The topological polar surface area (TPSA) is 21.1 Å². The highest BCUT2D eigenvalue weighted by molar-refractivity contribution is 6.23. The number of nitrogens with zero attached hydrogens (tertiary/aromatic N) is 3. The first kappa shape index (κ1) is 33.1. The van der Waals surface area contributed by atoms with Gasteiger partial charge in [-0.25, -0.2) is 4.98 Å². The first-order chi connectivity index (χ1) is 28.0. The van der Waals surface area contributed by atoms with E-state index in [9.17, 15) is 0 Å². The zero-order chi connectivity index (χ0) is 38.1. The Bertz CT molecular complexity index is 3080. The van der Waals surface area contributed by atoms with Crippen LogP contribution in [0.2, 0.25) is 0 Å². The molecule has 0 spiro atoms. The minimum Gasteiger partial charge on any atom is -0.310 e. The van der Waals surface area contributed by atoms with E-state index in [1.807, 2.05) is 0 Å². The first-order valence-corrected chi connectivity index (χ1v) is 19.7. The zero-order valence-electron chi connectivity index (χ0n) is 31.9. The van der Waals surface area contributed by atoms with E-state index in [1.54, 1.807) is 0 Å². The Morgan fingerprint density at radius 3 is 1.93 bits per heavy atom. The SMILES string of the molecule is CC1(C)c2ccccc2N(c2ccccc2)c2ccc(-c3cccc4c5c6ccccc6ccc5n(-c5cc(-c6ccccc6)cc(-c6ccccc6)n5)c34)cc21. The highest BCUT2D eigenvalue weighted by atomic mass is 15.2. The molecule has 0 saturated heterocycles. The number of fused-ring (bicyclic) bond motifs is 7. The van der Waals surface area contributed by atoms with Crippen molar-refractivity contribution < 1.29 is 0 Å². The number of hydrogen-bond donors (Lipinski definition) is 0. The maximum Gasteiger partial charge on any atom is 0.138 e. The largest absolute Gasteiger partial charge is 0.310 e. The molecular formula is C54H39N3. The van der Waals surface area contributed by atoms with E-state index >= 15 is 0 Å². The van der Waals surface area contributed by atoms with Crippen LogP contribution in [0.5, 0.6) is 0 Å². The van der Waals surface area contributed by atoms with Crippen LogP contribution in [0.1, 0.15) is 25.0 Å². The third-order valence-corrected chi connectivity index (χ3v) is 11.9. The Balaban J connectivity index is 1.22. The quantitative estimate of drug-likeness (QED) is 0.176. The molecule has 3 nitrogen and oxygen atoms in total. The number of benzene rings is 8. The van der Waals surface area contributed by atoms with Crippen LogP contribution in [0.25, 0.3) is 71.9 Å². The predicted octanol–water partition coefficient (Wildman–Crippen LogP) is 14.4. The van der Waals surface area contributed by atoms with Crippen LogP contribution >= 0.6 is 0 Å². The lowest BCUT2D eigenvalue weighted by atomic mass is 9.73. The summed E-state index contributed by atoms with van der Waals surface area (Å²) >= 11 is 0. The molecule has 11 rings (SSSR count). The third-order valence-electron chi connectivity index (χ3n) is 11.9. The van der Waals surface area contributed by atoms with Gasteiger partial charge in [-0.05, 0) is 87.1 Å². The van der Waals surface area contributed by atoms with Crippen molar-refractivity contribution in [1.82, 2.24) is 9.55 Å². The molecule has 2 aromatic heterocycles. The van der Waals surface area contributed by atoms with E-state index in [-0.39, 0.29) is 5.41 Å². The molecule has 0 amide bonds. The lowest BCUT2D eigenvalue weighted by Gasteiger charge is -2.42. The van der Waals surface area contributed by atoms with E-state index in [2.05, 4.69) is 224 Å². The fourth-order valence-electron chi connectivity index (χ4n) is 9.22. The molecule has 0 atom stereocenters. The average molecular weight is 730 g/mol. The molecule has 3 heterocycles. The van der Waals surface area contributed by atoms with E-state index in [1.165, 1.54) is 55.2 Å². The predicted molar refractivity (Wildman–Crippen MR) is 239 cm³/mol. The summed E-state index contributed by atoms with van der Waals surface area (Å²) in [6, 6.07) is 72.5. The van der Waals surface area contributed by atoms with Crippen LogP contribution in [0.3, 0.4) is 0 Å². The summed E-state index contributed by atoms with van der Waals surface area (Å²) in [4.78, 5) is 7.93. The molecule has 1 aliphatic heterocycles. The van der Waals surface area contributed by atoms with Gasteiger partial charge in [-0.2, -0.15) is 0 Å². The molecule has 10 aromatic rings. The molecule has 0 unspecified atom stereocenters. The van der Waals surface area contributed by atoms with Gasteiger partial charge in [0.25, 0.3) is 0 Å². The molecule has 0 aliphatic carbocycles. The van der Waals surface area contributed by atoms with Gasteiger partial charge in [0, 0.05) is 33.0 Å². The van der Waals surface area contributed by atoms with Crippen LogP contribution in [0.4, 0.5) is 17.1 Å². The molecule has 0 radical (unpaired) electrons. The van der Waals surface area contributed by atoms with Gasteiger partial charge in [0.15, 0.2) is 0 Å². The van der Waals surface area contributed by atoms with Gasteiger partial charge in [0.1, 0.15) is 5.82 Å². The smallest absolute Gasteiger partial charge is 0.138 e. The number of hydrogen-bond acceptors (Lipinski definition) is 2. The Hall–Kier alpha value is -7.23. The molecule has 270 valence electrons. The van der Waals surface area contributed by atoms with Gasteiger partial charge in [-0.3, -0.25) is 4.57 Å². The van der Waals surface area contributed by atoms with Crippen molar-refractivity contribution in [2.75, 3.05) is 4.90 Å². The lowest BCUT2D eigenvalue weighted by Crippen LogP contribution is -2.30. The van der Waals surface area contributed by atoms with Gasteiger partial charge < -0.3 is 4.90 Å². The molecule has 0 saturated carbocycles. The molecule has 8 aromatic carbocycles. The molecular weight excluding hydrogens is 691 g/mol. The summed E-state index contributed by atoms with van der Waals surface area (Å²) in [7, 11) is 0. The van der Waals surface area contributed by atoms with Gasteiger partial charge in [-0.1, -0.05) is 166 Å². The van der Waals surface area contributed by atoms with Gasteiger partial charge in [0.05, 0.1) is 28.1 Å². The minimum atomic E-state index is -0.236. The van der Waals surface area contributed by atoms with E-state index in [4.69, 9.17) is 4.98 Å². The second kappa shape index (κ2) is 12.9. The summed E-state index contributed by atoms with van der Waals surface area (Å²) in [6.07, 6.45) is 0. The van der Waals surface area contributed by atoms with E-state index < -0.39 is 0 Å². The molecule has 1 aliphatic rings. The fourth-order valence-corrected chi connectivity index (χ4v) is 9.22. The van der Waals surface area contributed by atoms with Crippen molar-refractivity contribution in [2.45, 2.75) is 19.3 Å². The van der Waals surface area contributed by atoms with Crippen molar-refractivity contribution in [3.05, 3.63) is 211 Å². The highest BCUT2D eigenvalue weighted by Gasteiger charge is 2.37. The van der Waals surface area contributed by atoms with Crippen LogP contribution in [-0.4, -0.2) is 9.55 Å². The summed E-state index contributed by atoms with van der Waals surface area (Å²) in [5.74, 6) is 0.889. The Morgan fingerprint density at radius 2 is 1.12 bits per heavy atom. The highest BCUT2D eigenvalue weighted by Crippen LogP contribution is 2.53. The van der Waals surface area contributed by atoms with Crippen molar-refractivity contribution >= 4 is 49.6 Å². The van der Waals surface area contributed by atoms with Crippen molar-refractivity contribution in [3.63, 3.8) is 0 Å². The molecule has 3 heteroatoms. The Labute approximate surface area is 332 Å². The zero-order valence-corrected chi connectivity index (χ0v) is 31.9. The Kier molecular flexibility index (Phi) is 7.52. The fraction of sp³-hybridized carbons (Fsp3) is 0.0556. The summed E-state index contributed by atoms with van der Waals surface area (Å²) in [5, 5.41) is 4.90. The van der Waals surface area contributed by atoms with Crippen molar-refractivity contribution in [3.8, 4) is 39.3 Å². The van der Waals surface area contributed by atoms with E-state index in [0.717, 1.165) is 44.9 Å². The maximum atomic E-state index is 5.50. The number of pyridine rings is 1. The lowest BCUT2D eigenvalue weighted by molar-refractivity contribution is 0.632. The number of rotatable bonds is 5. The van der Waals surface area contributed by atoms with Crippen molar-refractivity contribution in [1.29, 1.82) is 0 Å². The van der Waals surface area contributed by atoms with Crippen LogP contribution in [0.15, 0.2) is 200 Å². The second-order valence-corrected chi connectivity index (χ2v) is 15.6. The van der Waals surface area contributed by atoms with Crippen LogP contribution in [-0.2, 0) is 5.41 Å². The van der Waals surface area contributed by atoms with Gasteiger partial charge in [-0.15, -0.1) is 0 Å². The molecule has 57 heavy (non-hydrogen) atoms. The minimum absolute atomic E-state index is 0.236. The number of aromatic nitrogens is 2. The molecule has 0 bridgehead atoms. The standard InChI is InChI=1S/C54H39N3/c1-54(2)45-27-14-15-28-48(45)56(41-22-10-5-11-23-41)49-31-30-39(33-46(49)54)43-25-16-26-44-52-42-24-13-12-19-37(42)29-32-50(52)57(53(43)44)51-35-40(36-17-6-3-7-18-36)34-47(55-51)38-20-8-4-9-21-38/h3-35H,1-2H3. The van der Waals surface area contributed by atoms with E-state index in [0.29, 0.717) is 0 Å². The van der Waals surface area contributed by atoms with Crippen LogP contribution in [0, 0.1) is 0 Å². The maximum absolute atomic E-state index is 5.50. The van der Waals surface area contributed by atoms with Gasteiger partial charge in [0.2, 0.25) is 0 Å². The first-order valence-electron chi connectivity index (χ1n) is 19.7. The Morgan fingerprint density at radius 1 is 0.456 bits per heavy atom. The molecule has 0 fully saturated rings. The summed E-state index contributed by atoms with van der Waals surface area (Å²) in [5.41, 5.74) is 14.9. The molecule has 0 N–H and O–H groups in total. The summed E-state index contributed by atoms with van der Waals surface area (Å²) in [6.45, 7) is 4.73. The third kappa shape index (κ3) is 5.23. The number of anilines is 3. The van der Waals surface area contributed by atoms with Crippen molar-refractivity contribution in [2.24, 2.45) is 0 Å².